The smallest absolute Gasteiger partial charge is 0.395 e. The van der Waals surface area contributed by atoms with Crippen molar-refractivity contribution in [1.29, 1.82) is 0 Å². The number of nitrogens with zero attached hydrogens (tertiary/aromatic N) is 2. The van der Waals surface area contributed by atoms with E-state index in [1.54, 1.807) is 13.8 Å². The summed E-state index contributed by atoms with van der Waals surface area (Å²) in [6.07, 6.45) is -99.1. The van der Waals surface area contributed by atoms with Crippen molar-refractivity contribution in [3.63, 3.8) is 0 Å². The quantitative estimate of drug-likeness (QED) is 0.0239. The van der Waals surface area contributed by atoms with Crippen molar-refractivity contribution in [2.75, 3.05) is 31.3 Å². The number of aromatic nitrogens is 2. The molecule has 6 N–H and O–H groups in total. The molecular formula is C24H35B102N4O9PS. The molecule has 141 heavy (non-hydrogen) atoms. The highest BCUT2D eigenvalue weighted by atomic mass is 32.2. The van der Waals surface area contributed by atoms with Crippen LogP contribution >= 0.6 is 19.5 Å². The Labute approximate surface area is 942 Å². The number of ether oxygens (including phenoxy) is 1. The minimum Gasteiger partial charge on any atom is -0.395 e. The summed E-state index contributed by atoms with van der Waals surface area (Å²) in [5.41, 5.74) is 2.69. The van der Waals surface area contributed by atoms with Crippen LogP contribution in [0.4, 0.5) is 5.82 Å². The number of rotatable bonds is 62. The van der Waals surface area contributed by atoms with Crippen LogP contribution in [0.5, 0.6) is 0 Å². The number of aliphatic hydroxyl groups excluding tert-OH is 2. The molecule has 1 saturated heterocycles. The molecule has 5 atom stereocenters. The molecule has 2 heterocycles. The Morgan fingerprint density at radius 1 is 0.397 bits per heavy atom. The van der Waals surface area contributed by atoms with Crippen LogP contribution < -0.4 is 16.5 Å². The third-order valence-electron chi connectivity index (χ3n) is 27.9. The first-order chi connectivity index (χ1) is 64.6. The molecular weight excluding hydrogens is 1650 g/mol. The Hall–Kier alpha value is 4.49. The van der Waals surface area contributed by atoms with Crippen molar-refractivity contribution < 1.29 is 38.5 Å². The van der Waals surface area contributed by atoms with Gasteiger partial charge in [0.15, 0.2) is 11.3 Å². The lowest BCUT2D eigenvalue weighted by Gasteiger charge is -2.63. The second-order valence-corrected chi connectivity index (χ2v) is 41.6. The number of aliphatic hydroxyl groups is 3. The first kappa shape index (κ1) is 142. The number of nitrogen functional groups attached to an aromatic ring is 1. The number of carbonyl (C=O) groups excluding carboxylic acids is 1. The molecule has 0 bridgehead atoms. The van der Waals surface area contributed by atoms with Crippen LogP contribution in [0.25, 0.3) is 0 Å². The van der Waals surface area contributed by atoms with Gasteiger partial charge in [-0.2, -0.15) is 4.98 Å². The fourth-order valence-corrected chi connectivity index (χ4v) is 24.3. The number of hydrogen-bond donors (Lipinski definition) is 5. The fourth-order valence-electron chi connectivity index (χ4n) is 22.1. The zero-order valence-corrected chi connectivity index (χ0v) is 82.5. The van der Waals surface area contributed by atoms with E-state index in [4.69, 9.17) is 422 Å². The lowest BCUT2D eigenvalue weighted by atomic mass is 8.18. The number of anilines is 1. The minimum atomic E-state index is -4.02. The molecule has 0 aliphatic carbocycles. The molecule has 117 heteroatoms. The molecule has 1 aliphatic rings. The molecule has 3 rings (SSSR count). The van der Waals surface area contributed by atoms with Gasteiger partial charge < -0.3 is 25.8 Å². The van der Waals surface area contributed by atoms with Crippen LogP contribution in [-0.2, 0) is 29.7 Å². The van der Waals surface area contributed by atoms with Crippen LogP contribution in [0.1, 0.15) is 32.6 Å². The average molecular weight is 1690 g/mol. The number of hydrogen-bond acceptors (Lipinski definition) is 12. The van der Waals surface area contributed by atoms with Crippen molar-refractivity contribution in [2.45, 2.75) is 51.4 Å². The third kappa shape index (κ3) is 38.9. The van der Waals surface area contributed by atoms with E-state index in [0.29, 0.717) is 0 Å². The van der Waals surface area contributed by atoms with Gasteiger partial charge >= 0.3 is 13.4 Å². The van der Waals surface area contributed by atoms with Crippen LogP contribution in [0.15, 0.2) is 47.4 Å². The number of nitrogens with two attached hydrogens (primary N) is 1. The van der Waals surface area contributed by atoms with Crippen LogP contribution in [0.3, 0.4) is 0 Å². The Morgan fingerprint density at radius 2 is 0.610 bits per heavy atom. The number of benzene rings is 1. The summed E-state index contributed by atoms with van der Waals surface area (Å²) in [7, 11) is 367. The first-order valence-electron chi connectivity index (χ1n) is 45.8. The van der Waals surface area contributed by atoms with E-state index < -0.39 is 369 Å². The van der Waals surface area contributed by atoms with Gasteiger partial charge in [0.1, 0.15) is 23.6 Å². The molecule has 1 aliphatic heterocycles. The average Bonchev–Trinajstić information content (AvgIpc) is 1.11. The Balaban J connectivity index is 0.00000142. The molecule has 0 spiro atoms. The molecule has 2 aromatic rings. The van der Waals surface area contributed by atoms with E-state index in [9.17, 15) is 29.5 Å². The Kier molecular flexibility index (Phi) is 64.9. The van der Waals surface area contributed by atoms with Gasteiger partial charge in [0.2, 0.25) is 0 Å². The third-order valence-corrected chi connectivity index (χ3v) is 30.6. The summed E-state index contributed by atoms with van der Waals surface area (Å²) < 4.78 is 31.5. The van der Waals surface area contributed by atoms with E-state index in [0.717, 1.165) is 21.9 Å². The van der Waals surface area contributed by atoms with Crippen molar-refractivity contribution in [2.24, 2.45) is 5.41 Å². The number of thioether (sulfide) groups is 1. The van der Waals surface area contributed by atoms with Crippen LogP contribution in [0, 0.1) is 5.41 Å². The number of carbonyl (C=O) groups is 1. The van der Waals surface area contributed by atoms with E-state index in [2.05, 4.69) is 10.1 Å². The lowest BCUT2D eigenvalue weighted by molar-refractivity contribution is -0.119. The summed E-state index contributed by atoms with van der Waals surface area (Å²) in [5, 5.41) is 33.5. The highest BCUT2D eigenvalue weighted by Crippen LogP contribution is 2.47. The van der Waals surface area contributed by atoms with E-state index >= 15 is 0 Å². The topological polar surface area (TPSA) is 195 Å². The molecule has 1 fully saturated rings. The molecule has 522 valence electrons. The van der Waals surface area contributed by atoms with Gasteiger partial charge in [-0.3, -0.25) is 18.4 Å². The molecule has 0 saturated carbocycles. The largest absolute Gasteiger partial charge is 0.405 e. The second-order valence-electron chi connectivity index (χ2n) is 38.7. The second kappa shape index (κ2) is 64.7. The van der Waals surface area contributed by atoms with Gasteiger partial charge in [0, 0.05) is 740 Å². The van der Waals surface area contributed by atoms with Gasteiger partial charge in [-0.05, 0) is 32.4 Å². The van der Waals surface area contributed by atoms with Crippen molar-refractivity contribution >= 4 is 752 Å². The zero-order chi connectivity index (χ0) is 110. The van der Waals surface area contributed by atoms with Crippen molar-refractivity contribution in [3.8, 4) is 0 Å². The van der Waals surface area contributed by atoms with E-state index in [-0.39, 0.29) is 36.4 Å². The Morgan fingerprint density at radius 3 is 0.816 bits per heavy atom. The predicted molar refractivity (Wildman–Crippen MR) is 731 cm³/mol. The Bertz CT molecular complexity index is 3530. The SMILES string of the molecule is CC(C)(CO)C(=O)SCCOP(=O)(NCc1ccccc1)OC[C@H]1O[C@@H](n2ccc(N)nc2=O)[C@@](C)(O)C1O.[B]B([B])B(B([B])[B])B(B(B([B])[B])B([B])[B])B(B(B([B])[B])B([B])[B])B(B(B(B([B])[B])B([B])[B])B(B([B])[B])B([B])[B])B(B(B(B(B([B])[B])B([B])[B])B(B([B])[B])B([B])[B])B(B(B([B])[B])B([B])[B])B(B([B])[B])B([B])[B])B(B(B(B([B])[B])B([B])[B])B(B([B])[B])B([B])[B])B(B(B([B])[B])B([B])[B])B(B([B])[B])B([B])[B]. The highest BCUT2D eigenvalue weighted by molar-refractivity contribution is 8.44. The normalized spacial score (nSPS) is 14.0. The van der Waals surface area contributed by atoms with Gasteiger partial charge in [-0.1, -0.05) is 42.1 Å². The molecule has 104 radical (unpaired) electrons. The maximum absolute atomic E-state index is 13.6. The maximum Gasteiger partial charge on any atom is 0.405 e. The summed E-state index contributed by atoms with van der Waals surface area (Å²) in [6, 6.07) is 10.4. The van der Waals surface area contributed by atoms with Gasteiger partial charge in [-0.15, -0.1) is 0 Å². The lowest BCUT2D eigenvalue weighted by Crippen LogP contribution is -3.01. The standard InChI is InChI=1S/C24H35N4O9PS.B102/c1-23(2,15-29)21(31)39-12-11-35-38(34,26-13-16-7-5-4-6-8-16)36-14-17-19(30)24(3,33)20(37-17)28-10-9-18(25)27-22(28)32;1-53(2)79(54(3)4)92(80(55(5)6)56(7)8)98(91(77(49)50)78(51)52)101(97(89(73(41)42)74(43)44)90(75(45)46)76(47)48)102(99(93(81(57(9)10)58(11)12)82(59(13)14)60(15)16)94(83(61(17)18)62(19)20)84(63(21)22)64(23)24)100(95(85(65(25)26)66(27)28)86(67(29)30)68(31)32)96(87(69(33)34)70(35)36)88(71(37)38)72(39)40/h4-10,17,19-20,29-30,33H,11-15H2,1-3H3,(H,26,34)(H2,25,27,32);/t17-,19?,20-,24+,38?;/m1./s1. The number of nitrogens with one attached hydrogen (secondary N) is 1. The maximum atomic E-state index is 13.6. The molecule has 2 unspecified atom stereocenters. The summed E-state index contributed by atoms with van der Waals surface area (Å²) in [6.45, 7) is 3.74. The molecule has 13 nitrogen and oxygen atoms in total. The summed E-state index contributed by atoms with van der Waals surface area (Å²) in [5.74, 6) is 0.131. The monoisotopic (exact) mass is 1710 g/mol. The van der Waals surface area contributed by atoms with Crippen molar-refractivity contribution in [1.82, 2.24) is 14.6 Å². The van der Waals surface area contributed by atoms with Crippen LogP contribution in [0.2, 0.25) is 0 Å². The predicted octanol–water partition coefficient (Wildman–Crippen LogP) is -37.8. The van der Waals surface area contributed by atoms with Gasteiger partial charge in [0.05, 0.1) is 25.2 Å². The molecule has 1 aromatic carbocycles. The zero-order valence-electron chi connectivity index (χ0n) is 80.8. The highest BCUT2D eigenvalue weighted by Gasteiger charge is 2.69. The molecule has 1 aromatic heterocycles. The summed E-state index contributed by atoms with van der Waals surface area (Å²) in [4.78, 5) is 28.2. The van der Waals surface area contributed by atoms with E-state index in [1.807, 2.05) is 30.3 Å². The fraction of sp³-hybridized carbons (Fsp3) is 0.542. The first-order valence-corrected chi connectivity index (χ1v) is 48.4. The summed E-state index contributed by atoms with van der Waals surface area (Å²) >= 11 is 0.934. The van der Waals surface area contributed by atoms with E-state index in [1.165, 1.54) is 19.2 Å². The minimum absolute atomic E-state index is 0.0170. The van der Waals surface area contributed by atoms with Gasteiger partial charge in [0.25, 0.3) is 0 Å². The van der Waals surface area contributed by atoms with Crippen LogP contribution in [-0.4, -0.2) is 795 Å². The van der Waals surface area contributed by atoms with Gasteiger partial charge in [-0.25, -0.2) is 14.4 Å². The molecule has 0 amide bonds. The van der Waals surface area contributed by atoms with Crippen molar-refractivity contribution in [3.05, 3.63) is 58.6 Å².